The SMILES string of the molecule is COc1ccc(NC(=O)Cn2cc(NC(=O)c3cccc(OC)c3)cn2)cc1. The minimum absolute atomic E-state index is 0.0149. The van der Waals surface area contributed by atoms with Gasteiger partial charge in [-0.25, -0.2) is 0 Å². The van der Waals surface area contributed by atoms with Crippen molar-refractivity contribution >= 4 is 23.2 Å². The molecule has 8 nitrogen and oxygen atoms in total. The van der Waals surface area contributed by atoms with Crippen LogP contribution in [0, 0.1) is 0 Å². The Balaban J connectivity index is 1.57. The maximum atomic E-state index is 12.3. The van der Waals surface area contributed by atoms with Crippen molar-refractivity contribution in [3.63, 3.8) is 0 Å². The zero-order valence-electron chi connectivity index (χ0n) is 15.5. The molecule has 0 atom stereocenters. The number of aromatic nitrogens is 2. The molecule has 8 heteroatoms. The molecule has 0 aliphatic carbocycles. The summed E-state index contributed by atoms with van der Waals surface area (Å²) in [4.78, 5) is 24.5. The molecule has 144 valence electrons. The third-order valence-corrected chi connectivity index (χ3v) is 3.90. The van der Waals surface area contributed by atoms with E-state index in [1.165, 1.54) is 18.0 Å². The molecule has 0 spiro atoms. The third kappa shape index (κ3) is 4.88. The van der Waals surface area contributed by atoms with Crippen molar-refractivity contribution in [2.24, 2.45) is 0 Å². The number of nitrogens with one attached hydrogen (secondary N) is 2. The number of hydrogen-bond acceptors (Lipinski definition) is 5. The van der Waals surface area contributed by atoms with Crippen molar-refractivity contribution in [1.82, 2.24) is 9.78 Å². The van der Waals surface area contributed by atoms with Gasteiger partial charge in [-0.05, 0) is 42.5 Å². The average Bonchev–Trinajstić information content (AvgIpc) is 3.15. The van der Waals surface area contributed by atoms with Crippen molar-refractivity contribution in [2.75, 3.05) is 24.9 Å². The third-order valence-electron chi connectivity index (χ3n) is 3.90. The normalized spacial score (nSPS) is 10.2. The van der Waals surface area contributed by atoms with E-state index in [4.69, 9.17) is 9.47 Å². The monoisotopic (exact) mass is 380 g/mol. The molecule has 1 aromatic heterocycles. The highest BCUT2D eigenvalue weighted by molar-refractivity contribution is 6.04. The van der Waals surface area contributed by atoms with Gasteiger partial charge in [0.2, 0.25) is 5.91 Å². The van der Waals surface area contributed by atoms with Gasteiger partial charge >= 0.3 is 0 Å². The molecule has 2 aromatic carbocycles. The standard InChI is InChI=1S/C20H20N4O4/c1-27-17-8-6-15(7-9-17)22-19(25)13-24-12-16(11-21-24)23-20(26)14-4-3-5-18(10-14)28-2/h3-12H,13H2,1-2H3,(H,22,25)(H,23,26). The molecule has 0 unspecified atom stereocenters. The number of rotatable bonds is 7. The van der Waals surface area contributed by atoms with Crippen molar-refractivity contribution < 1.29 is 19.1 Å². The smallest absolute Gasteiger partial charge is 0.255 e. The summed E-state index contributed by atoms with van der Waals surface area (Å²) in [5, 5.41) is 9.62. The number of amides is 2. The number of hydrogen-bond donors (Lipinski definition) is 2. The molecule has 2 N–H and O–H groups in total. The number of ether oxygens (including phenoxy) is 2. The predicted octanol–water partition coefficient (Wildman–Crippen LogP) is 2.79. The first-order valence-electron chi connectivity index (χ1n) is 8.49. The van der Waals surface area contributed by atoms with E-state index in [2.05, 4.69) is 15.7 Å². The summed E-state index contributed by atoms with van der Waals surface area (Å²) < 4.78 is 11.6. The van der Waals surface area contributed by atoms with Crippen LogP contribution in [0.2, 0.25) is 0 Å². The molecule has 2 amide bonds. The second-order valence-electron chi connectivity index (χ2n) is 5.89. The highest BCUT2D eigenvalue weighted by atomic mass is 16.5. The highest BCUT2D eigenvalue weighted by Crippen LogP contribution is 2.16. The van der Waals surface area contributed by atoms with E-state index < -0.39 is 0 Å². The lowest BCUT2D eigenvalue weighted by atomic mass is 10.2. The molecule has 0 saturated carbocycles. The minimum atomic E-state index is -0.291. The lowest BCUT2D eigenvalue weighted by Gasteiger charge is -2.06. The topological polar surface area (TPSA) is 94.5 Å². The number of carbonyl (C=O) groups is 2. The van der Waals surface area contributed by atoms with Crippen molar-refractivity contribution in [1.29, 1.82) is 0 Å². The van der Waals surface area contributed by atoms with Gasteiger partial charge in [-0.3, -0.25) is 14.3 Å². The molecule has 0 bridgehead atoms. The van der Waals surface area contributed by atoms with Crippen LogP contribution >= 0.6 is 0 Å². The summed E-state index contributed by atoms with van der Waals surface area (Å²) in [6, 6.07) is 13.8. The zero-order chi connectivity index (χ0) is 19.9. The van der Waals surface area contributed by atoms with Crippen molar-refractivity contribution in [3.8, 4) is 11.5 Å². The zero-order valence-corrected chi connectivity index (χ0v) is 15.5. The molecule has 0 radical (unpaired) electrons. The van der Waals surface area contributed by atoms with E-state index in [1.807, 2.05) is 0 Å². The predicted molar refractivity (Wildman–Crippen MR) is 105 cm³/mol. The van der Waals surface area contributed by atoms with Crippen LogP contribution in [-0.4, -0.2) is 35.8 Å². The van der Waals surface area contributed by atoms with E-state index in [-0.39, 0.29) is 18.4 Å². The summed E-state index contributed by atoms with van der Waals surface area (Å²) in [7, 11) is 3.12. The molecule has 28 heavy (non-hydrogen) atoms. The fourth-order valence-electron chi connectivity index (χ4n) is 2.50. The Bertz CT molecular complexity index is 966. The summed E-state index contributed by atoms with van der Waals surface area (Å²) in [5.41, 5.74) is 1.61. The molecule has 3 aromatic rings. The van der Waals surface area contributed by atoms with Crippen LogP contribution in [-0.2, 0) is 11.3 Å². The van der Waals surface area contributed by atoms with E-state index in [1.54, 1.807) is 61.8 Å². The summed E-state index contributed by atoms with van der Waals surface area (Å²) in [6.45, 7) is 0.0149. The molecule has 0 aliphatic rings. The van der Waals surface area contributed by atoms with Crippen molar-refractivity contribution in [2.45, 2.75) is 6.54 Å². The van der Waals surface area contributed by atoms with E-state index >= 15 is 0 Å². The van der Waals surface area contributed by atoms with Crippen LogP contribution in [0.3, 0.4) is 0 Å². The molecule has 0 fully saturated rings. The van der Waals surface area contributed by atoms with E-state index in [9.17, 15) is 9.59 Å². The average molecular weight is 380 g/mol. The minimum Gasteiger partial charge on any atom is -0.497 e. The van der Waals surface area contributed by atoms with Gasteiger partial charge in [-0.1, -0.05) is 6.07 Å². The second-order valence-corrected chi connectivity index (χ2v) is 5.89. The number of carbonyl (C=O) groups excluding carboxylic acids is 2. The Kier molecular flexibility index (Phi) is 5.91. The van der Waals surface area contributed by atoms with Gasteiger partial charge in [-0.2, -0.15) is 5.10 Å². The first-order chi connectivity index (χ1) is 13.6. The Morgan fingerprint density at radius 1 is 0.964 bits per heavy atom. The molecule has 1 heterocycles. The molecule has 0 aliphatic heterocycles. The van der Waals surface area contributed by atoms with Crippen LogP contribution in [0.1, 0.15) is 10.4 Å². The quantitative estimate of drug-likeness (QED) is 0.657. The van der Waals surface area contributed by atoms with Gasteiger partial charge < -0.3 is 20.1 Å². The first kappa shape index (κ1) is 19.0. The Morgan fingerprint density at radius 3 is 2.43 bits per heavy atom. The van der Waals surface area contributed by atoms with E-state index in [0.717, 1.165) is 0 Å². The maximum absolute atomic E-state index is 12.3. The van der Waals surface area contributed by atoms with Gasteiger partial charge in [0.15, 0.2) is 0 Å². The van der Waals surface area contributed by atoms with Crippen LogP contribution in [0.15, 0.2) is 60.9 Å². The van der Waals surface area contributed by atoms with Crippen LogP contribution in [0.5, 0.6) is 11.5 Å². The van der Waals surface area contributed by atoms with Gasteiger partial charge in [0.25, 0.3) is 5.91 Å². The molecule has 3 rings (SSSR count). The molecular formula is C20H20N4O4. The van der Waals surface area contributed by atoms with Crippen LogP contribution < -0.4 is 20.1 Å². The number of methoxy groups -OCH3 is 2. The summed E-state index contributed by atoms with van der Waals surface area (Å²) in [6.07, 6.45) is 3.07. The Labute approximate surface area is 162 Å². The van der Waals surface area contributed by atoms with Gasteiger partial charge in [0.1, 0.15) is 18.0 Å². The van der Waals surface area contributed by atoms with Crippen LogP contribution in [0.4, 0.5) is 11.4 Å². The summed E-state index contributed by atoms with van der Waals surface area (Å²) in [5.74, 6) is 0.778. The second kappa shape index (κ2) is 8.72. The largest absolute Gasteiger partial charge is 0.497 e. The molecule has 0 saturated heterocycles. The van der Waals surface area contributed by atoms with Gasteiger partial charge in [0, 0.05) is 17.4 Å². The lowest BCUT2D eigenvalue weighted by molar-refractivity contribution is -0.116. The number of nitrogens with zero attached hydrogens (tertiary/aromatic N) is 2. The maximum Gasteiger partial charge on any atom is 0.255 e. The number of benzene rings is 2. The fourth-order valence-corrected chi connectivity index (χ4v) is 2.50. The van der Waals surface area contributed by atoms with Crippen molar-refractivity contribution in [3.05, 3.63) is 66.5 Å². The molecular weight excluding hydrogens is 360 g/mol. The van der Waals surface area contributed by atoms with Crippen LogP contribution in [0.25, 0.3) is 0 Å². The first-order valence-corrected chi connectivity index (χ1v) is 8.49. The van der Waals surface area contributed by atoms with Gasteiger partial charge in [-0.15, -0.1) is 0 Å². The fraction of sp³-hybridized carbons (Fsp3) is 0.150. The lowest BCUT2D eigenvalue weighted by Crippen LogP contribution is -2.19. The van der Waals surface area contributed by atoms with Gasteiger partial charge in [0.05, 0.1) is 26.1 Å². The Morgan fingerprint density at radius 2 is 1.71 bits per heavy atom. The van der Waals surface area contributed by atoms with E-state index in [0.29, 0.717) is 28.4 Å². The summed E-state index contributed by atoms with van der Waals surface area (Å²) >= 11 is 0. The number of anilines is 2. The highest BCUT2D eigenvalue weighted by Gasteiger charge is 2.10. The Hall–Kier alpha value is -3.81.